The van der Waals surface area contributed by atoms with E-state index in [0.29, 0.717) is 17.8 Å². The molecular weight excluding hydrogens is 354 g/mol. The number of nitro benzene ring substituents is 1. The van der Waals surface area contributed by atoms with E-state index in [4.69, 9.17) is 4.74 Å². The van der Waals surface area contributed by atoms with Crippen LogP contribution in [0.25, 0.3) is 6.08 Å². The molecule has 1 heterocycles. The minimum absolute atomic E-state index is 0.137. The molecule has 0 unspecified atom stereocenters. The highest BCUT2D eigenvalue weighted by Gasteiger charge is 2.29. The Hall–Kier alpha value is -1.92. The van der Waals surface area contributed by atoms with Gasteiger partial charge in [0.15, 0.2) is 0 Å². The number of nitrogens with one attached hydrogen (secondary N) is 1. The molecule has 1 saturated carbocycles. The van der Waals surface area contributed by atoms with Crippen LogP contribution in [0.5, 0.6) is 0 Å². The van der Waals surface area contributed by atoms with Crippen molar-refractivity contribution >= 4 is 17.5 Å². The Kier molecular flexibility index (Phi) is 7.45. The van der Waals surface area contributed by atoms with Crippen LogP contribution in [0.2, 0.25) is 0 Å². The van der Waals surface area contributed by atoms with Gasteiger partial charge < -0.3 is 15.0 Å². The van der Waals surface area contributed by atoms with Crippen molar-refractivity contribution < 1.29 is 9.66 Å². The normalized spacial score (nSPS) is 24.0. The molecule has 0 atom stereocenters. The van der Waals surface area contributed by atoms with E-state index < -0.39 is 0 Å². The number of benzene rings is 1. The van der Waals surface area contributed by atoms with Gasteiger partial charge in [0, 0.05) is 37.8 Å². The molecular formula is C22H33N3O3. The zero-order valence-corrected chi connectivity index (χ0v) is 16.9. The van der Waals surface area contributed by atoms with E-state index in [0.717, 1.165) is 44.5 Å². The third-order valence-corrected chi connectivity index (χ3v) is 6.06. The van der Waals surface area contributed by atoms with Gasteiger partial charge in [-0.15, -0.1) is 0 Å². The first-order valence-corrected chi connectivity index (χ1v) is 10.6. The van der Waals surface area contributed by atoms with E-state index >= 15 is 0 Å². The second kappa shape index (κ2) is 10.0. The van der Waals surface area contributed by atoms with E-state index in [9.17, 15) is 10.1 Å². The first kappa shape index (κ1) is 20.8. The Morgan fingerprint density at radius 2 is 1.96 bits per heavy atom. The fourth-order valence-corrected chi connectivity index (χ4v) is 4.45. The number of likely N-dealkylation sites (tertiary alicyclic amines) is 1. The molecule has 1 saturated heterocycles. The highest BCUT2D eigenvalue weighted by molar-refractivity contribution is 5.67. The van der Waals surface area contributed by atoms with Crippen molar-refractivity contribution in [3.05, 3.63) is 40.5 Å². The van der Waals surface area contributed by atoms with Gasteiger partial charge >= 0.3 is 0 Å². The number of hydrogen-bond donors (Lipinski definition) is 1. The van der Waals surface area contributed by atoms with Crippen LogP contribution in [0, 0.1) is 10.1 Å². The van der Waals surface area contributed by atoms with Crippen molar-refractivity contribution in [2.24, 2.45) is 0 Å². The van der Waals surface area contributed by atoms with Crippen molar-refractivity contribution in [3.8, 4) is 0 Å². The number of piperidine rings is 1. The van der Waals surface area contributed by atoms with Gasteiger partial charge in [-0.05, 0) is 62.6 Å². The van der Waals surface area contributed by atoms with Gasteiger partial charge in [-0.2, -0.15) is 0 Å². The summed E-state index contributed by atoms with van der Waals surface area (Å²) in [6.45, 7) is 8.91. The van der Waals surface area contributed by atoms with E-state index in [1.165, 1.54) is 25.7 Å². The molecule has 0 aromatic heterocycles. The average molecular weight is 388 g/mol. The molecule has 1 aliphatic heterocycles. The minimum atomic E-state index is -0.316. The van der Waals surface area contributed by atoms with Gasteiger partial charge in [0.05, 0.1) is 11.0 Å². The van der Waals surface area contributed by atoms with Crippen LogP contribution in [0.3, 0.4) is 0 Å². The second-order valence-electron chi connectivity index (χ2n) is 7.99. The quantitative estimate of drug-likeness (QED) is 0.510. The summed E-state index contributed by atoms with van der Waals surface area (Å²) in [5.74, 6) is 0. The number of anilines is 1. The second-order valence-corrected chi connectivity index (χ2v) is 7.99. The first-order chi connectivity index (χ1) is 13.6. The van der Waals surface area contributed by atoms with Crippen LogP contribution in [0.1, 0.15) is 57.4 Å². The van der Waals surface area contributed by atoms with Crippen molar-refractivity contribution in [1.29, 1.82) is 0 Å². The molecule has 1 N–H and O–H groups in total. The maximum absolute atomic E-state index is 11.3. The zero-order chi connectivity index (χ0) is 19.9. The number of ether oxygens (including phenoxy) is 1. The first-order valence-electron chi connectivity index (χ1n) is 10.6. The highest BCUT2D eigenvalue weighted by Crippen LogP contribution is 2.30. The molecule has 1 aliphatic carbocycles. The molecule has 0 spiro atoms. The lowest BCUT2D eigenvalue weighted by Crippen LogP contribution is -2.46. The van der Waals surface area contributed by atoms with Gasteiger partial charge in [-0.25, -0.2) is 0 Å². The number of rotatable bonds is 8. The highest BCUT2D eigenvalue weighted by atomic mass is 16.6. The van der Waals surface area contributed by atoms with Gasteiger partial charge in [0.2, 0.25) is 0 Å². The largest absolute Gasteiger partial charge is 0.378 e. The van der Waals surface area contributed by atoms with Gasteiger partial charge in [0.1, 0.15) is 5.69 Å². The van der Waals surface area contributed by atoms with Crippen molar-refractivity contribution in [3.63, 3.8) is 0 Å². The molecule has 0 radical (unpaired) electrons. The van der Waals surface area contributed by atoms with Crippen LogP contribution < -0.4 is 5.32 Å². The summed E-state index contributed by atoms with van der Waals surface area (Å²) in [5, 5.41) is 14.8. The fourth-order valence-electron chi connectivity index (χ4n) is 4.45. The van der Waals surface area contributed by atoms with Crippen molar-refractivity contribution in [1.82, 2.24) is 4.90 Å². The van der Waals surface area contributed by atoms with Crippen LogP contribution in [-0.4, -0.2) is 47.7 Å². The fraction of sp³-hybridized carbons (Fsp3) is 0.636. The van der Waals surface area contributed by atoms with E-state index in [1.807, 2.05) is 6.07 Å². The van der Waals surface area contributed by atoms with Crippen molar-refractivity contribution in [2.45, 2.75) is 70.1 Å². The van der Waals surface area contributed by atoms with Crippen LogP contribution in [0.15, 0.2) is 24.8 Å². The number of nitro groups is 1. The summed E-state index contributed by atoms with van der Waals surface area (Å²) < 4.78 is 5.91. The predicted octanol–water partition coefficient (Wildman–Crippen LogP) is 4.85. The summed E-state index contributed by atoms with van der Waals surface area (Å²) in [5.41, 5.74) is 1.64. The molecule has 2 fully saturated rings. The molecule has 1 aromatic carbocycles. The summed E-state index contributed by atoms with van der Waals surface area (Å²) in [6, 6.07) is 6.07. The molecule has 2 aliphatic rings. The Morgan fingerprint density at radius 3 is 2.57 bits per heavy atom. The SMILES string of the molecule is C=Cc1ccc([N+](=O)[O-])c(NC2CCN(C3CCC(OCCC)CC3)CC2)c1. The van der Waals surface area contributed by atoms with E-state index in [-0.39, 0.29) is 16.7 Å². The van der Waals surface area contributed by atoms with Crippen LogP contribution in [-0.2, 0) is 4.74 Å². The summed E-state index contributed by atoms with van der Waals surface area (Å²) >= 11 is 0. The molecule has 0 amide bonds. The summed E-state index contributed by atoms with van der Waals surface area (Å²) in [7, 11) is 0. The van der Waals surface area contributed by atoms with Crippen molar-refractivity contribution in [2.75, 3.05) is 25.0 Å². The molecule has 28 heavy (non-hydrogen) atoms. The summed E-state index contributed by atoms with van der Waals surface area (Å²) in [6.07, 6.45) is 10.1. The Labute approximate surface area is 168 Å². The lowest BCUT2D eigenvalue weighted by molar-refractivity contribution is -0.384. The average Bonchev–Trinajstić information content (AvgIpc) is 2.73. The van der Waals surface area contributed by atoms with Crippen LogP contribution in [0.4, 0.5) is 11.4 Å². The maximum Gasteiger partial charge on any atom is 0.292 e. The molecule has 154 valence electrons. The lowest BCUT2D eigenvalue weighted by atomic mass is 9.90. The van der Waals surface area contributed by atoms with Crippen LogP contribution >= 0.6 is 0 Å². The predicted molar refractivity (Wildman–Crippen MR) is 114 cm³/mol. The topological polar surface area (TPSA) is 67.6 Å². The Balaban J connectivity index is 1.50. The van der Waals surface area contributed by atoms with Gasteiger partial charge in [-0.1, -0.05) is 19.6 Å². The zero-order valence-electron chi connectivity index (χ0n) is 16.9. The molecule has 6 heteroatoms. The number of hydrogen-bond acceptors (Lipinski definition) is 5. The third kappa shape index (κ3) is 5.32. The molecule has 1 aromatic rings. The minimum Gasteiger partial charge on any atom is -0.378 e. The van der Waals surface area contributed by atoms with Gasteiger partial charge in [0.25, 0.3) is 5.69 Å². The Bertz CT molecular complexity index is 663. The summed E-state index contributed by atoms with van der Waals surface area (Å²) in [4.78, 5) is 13.6. The van der Waals surface area contributed by atoms with Gasteiger partial charge in [-0.3, -0.25) is 10.1 Å². The molecule has 0 bridgehead atoms. The standard InChI is InChI=1S/C22H33N3O3/c1-3-15-28-20-8-6-19(7-9-20)24-13-11-18(12-14-24)23-21-16-17(4-2)5-10-22(21)25(26)27/h4-5,10,16,18-20,23H,2-3,6-9,11-15H2,1H3. The number of nitrogens with zero attached hydrogens (tertiary/aromatic N) is 2. The monoisotopic (exact) mass is 387 g/mol. The Morgan fingerprint density at radius 1 is 1.25 bits per heavy atom. The van der Waals surface area contributed by atoms with E-state index in [2.05, 4.69) is 23.7 Å². The smallest absolute Gasteiger partial charge is 0.292 e. The molecule has 3 rings (SSSR count). The van der Waals surface area contributed by atoms with E-state index in [1.54, 1.807) is 18.2 Å². The third-order valence-electron chi connectivity index (χ3n) is 6.06. The lowest BCUT2D eigenvalue weighted by Gasteiger charge is -2.41. The molecule has 6 nitrogen and oxygen atoms in total. The maximum atomic E-state index is 11.3.